The highest BCUT2D eigenvalue weighted by Crippen LogP contribution is 2.51. The third-order valence-corrected chi connectivity index (χ3v) is 6.25. The number of amides is 1. The summed E-state index contributed by atoms with van der Waals surface area (Å²) in [6.45, 7) is 2.44. The number of primary amides is 1. The second-order valence-corrected chi connectivity index (χ2v) is 7.80. The highest BCUT2D eigenvalue weighted by molar-refractivity contribution is 5.90. The van der Waals surface area contributed by atoms with Gasteiger partial charge < -0.3 is 15.6 Å². The summed E-state index contributed by atoms with van der Waals surface area (Å²) in [6.07, 6.45) is 4.94. The third-order valence-electron chi connectivity index (χ3n) is 6.25. The molecule has 7 nitrogen and oxygen atoms in total. The quantitative estimate of drug-likeness (QED) is 0.773. The Bertz CT molecular complexity index is 865. The molecule has 3 atom stereocenters. The van der Waals surface area contributed by atoms with Crippen LogP contribution in [0.25, 0.3) is 0 Å². The minimum atomic E-state index is -0.523. The summed E-state index contributed by atoms with van der Waals surface area (Å²) in [5.41, 5.74) is 7.15. The summed E-state index contributed by atoms with van der Waals surface area (Å²) in [4.78, 5) is 22.4. The van der Waals surface area contributed by atoms with E-state index in [1.54, 1.807) is 25.4 Å². The summed E-state index contributed by atoms with van der Waals surface area (Å²) in [5.74, 6) is 0.123. The lowest BCUT2D eigenvalue weighted by Gasteiger charge is -2.55. The molecule has 0 radical (unpaired) electrons. The fourth-order valence-corrected chi connectivity index (χ4v) is 5.17. The van der Waals surface area contributed by atoms with E-state index in [0.717, 1.165) is 37.2 Å². The monoisotopic (exact) mass is 418 g/mol. The predicted molar refractivity (Wildman–Crippen MR) is 111 cm³/mol. The van der Waals surface area contributed by atoms with Crippen LogP contribution >= 0.6 is 12.4 Å². The van der Waals surface area contributed by atoms with Gasteiger partial charge >= 0.3 is 0 Å². The van der Waals surface area contributed by atoms with Crippen molar-refractivity contribution in [1.29, 1.82) is 0 Å². The number of aromatic nitrogens is 2. The number of methoxy groups -OCH3 is 1. The maximum atomic E-state index is 11.6. The molecule has 2 aromatic rings. The second kappa shape index (κ2) is 8.65. The van der Waals surface area contributed by atoms with E-state index in [1.807, 2.05) is 18.2 Å². The Morgan fingerprint density at radius 1 is 1.31 bits per heavy atom. The molecule has 3 N–H and O–H groups in total. The Hall–Kier alpha value is -2.22. The van der Waals surface area contributed by atoms with Crippen LogP contribution in [0.1, 0.15) is 41.0 Å². The first-order chi connectivity index (χ1) is 13.5. The maximum Gasteiger partial charge on any atom is 0.267 e. The molecular weight excluding hydrogens is 392 g/mol. The third kappa shape index (κ3) is 3.95. The molecule has 1 aliphatic carbocycles. The number of ether oxygens (including phenoxy) is 1. The summed E-state index contributed by atoms with van der Waals surface area (Å²) in [6, 6.07) is 9.10. The molecule has 1 aliphatic heterocycles. The van der Waals surface area contributed by atoms with E-state index in [1.165, 1.54) is 6.42 Å². The van der Waals surface area contributed by atoms with Gasteiger partial charge in [0.1, 0.15) is 11.3 Å². The van der Waals surface area contributed by atoms with E-state index < -0.39 is 11.5 Å². The molecule has 1 saturated carbocycles. The number of hydrogen-bond acceptors (Lipinski definition) is 6. The number of halogens is 1. The van der Waals surface area contributed by atoms with Crippen molar-refractivity contribution in [1.82, 2.24) is 14.9 Å². The van der Waals surface area contributed by atoms with Crippen molar-refractivity contribution >= 4 is 18.3 Å². The highest BCUT2D eigenvalue weighted by Gasteiger charge is 2.53. The van der Waals surface area contributed by atoms with Crippen molar-refractivity contribution < 1.29 is 14.6 Å². The Morgan fingerprint density at radius 3 is 2.66 bits per heavy atom. The van der Waals surface area contributed by atoms with Gasteiger partial charge in [0.15, 0.2) is 0 Å². The van der Waals surface area contributed by atoms with Gasteiger partial charge in [0.25, 0.3) is 5.91 Å². The van der Waals surface area contributed by atoms with Gasteiger partial charge in [-0.1, -0.05) is 12.5 Å². The van der Waals surface area contributed by atoms with Crippen LogP contribution in [0, 0.1) is 11.8 Å². The normalized spacial score (nSPS) is 26.5. The number of aromatic hydroxyl groups is 1. The van der Waals surface area contributed by atoms with E-state index in [0.29, 0.717) is 18.4 Å². The van der Waals surface area contributed by atoms with Gasteiger partial charge in [-0.15, -0.1) is 12.4 Å². The molecule has 0 aromatic carbocycles. The molecule has 8 heteroatoms. The summed E-state index contributed by atoms with van der Waals surface area (Å²) < 4.78 is 6.22. The molecule has 0 spiro atoms. The largest absolute Gasteiger partial charge is 0.493 e. The van der Waals surface area contributed by atoms with Gasteiger partial charge in [0.05, 0.1) is 5.69 Å². The van der Waals surface area contributed by atoms with Gasteiger partial charge in [-0.2, -0.15) is 0 Å². The molecule has 2 bridgehead atoms. The Balaban J connectivity index is 0.00000240. The van der Waals surface area contributed by atoms with Crippen LogP contribution in [-0.2, 0) is 16.9 Å². The van der Waals surface area contributed by atoms with Gasteiger partial charge in [-0.3, -0.25) is 14.7 Å². The molecule has 0 unspecified atom stereocenters. The summed E-state index contributed by atoms with van der Waals surface area (Å²) >= 11 is 0. The molecule has 156 valence electrons. The lowest BCUT2D eigenvalue weighted by molar-refractivity contribution is -0.170. The van der Waals surface area contributed by atoms with Crippen molar-refractivity contribution in [2.24, 2.45) is 17.6 Å². The van der Waals surface area contributed by atoms with Gasteiger partial charge in [0.2, 0.25) is 5.88 Å². The van der Waals surface area contributed by atoms with E-state index in [-0.39, 0.29) is 24.0 Å². The summed E-state index contributed by atoms with van der Waals surface area (Å²) in [7, 11) is 1.77. The predicted octanol–water partition coefficient (Wildman–Crippen LogP) is 2.48. The highest BCUT2D eigenvalue weighted by atomic mass is 35.5. The van der Waals surface area contributed by atoms with Crippen LogP contribution in [0.15, 0.2) is 36.5 Å². The molecular formula is C21H27ClN4O3. The van der Waals surface area contributed by atoms with Crippen molar-refractivity contribution in [3.63, 3.8) is 0 Å². The van der Waals surface area contributed by atoms with Crippen molar-refractivity contribution in [3.05, 3.63) is 53.5 Å². The van der Waals surface area contributed by atoms with E-state index in [2.05, 4.69) is 14.9 Å². The number of fused-ring (bicyclic) bond motifs is 2. The Labute approximate surface area is 176 Å². The standard InChI is InChI=1S/C21H26N4O3.ClH/c1-28-21(14-8-9-23-18(10-14)20(22)27)15-4-2-5-16(21)12-25(11-15)13-17-6-3-7-19(26)24-17;/h3,6-10,15-16H,2,4-5,11-13H2,1H3,(H2,22,27)(H,24,26);1H/t15-,16+,21+;. The SMILES string of the molecule is CO[C@@]1(c2ccnc(C(N)=O)c2)[C@@H]2CCC[C@H]1CN(Cc1cccc(O)n1)C2.Cl. The Kier molecular flexibility index (Phi) is 6.41. The smallest absolute Gasteiger partial charge is 0.267 e. The first-order valence-electron chi connectivity index (χ1n) is 9.71. The topological polar surface area (TPSA) is 102 Å². The number of carbonyl (C=O) groups is 1. The molecule has 2 aliphatic rings. The average Bonchev–Trinajstić information content (AvgIpc) is 2.67. The molecule has 29 heavy (non-hydrogen) atoms. The number of nitrogens with two attached hydrogens (primary N) is 1. The molecule has 4 rings (SSSR count). The zero-order valence-corrected chi connectivity index (χ0v) is 17.3. The number of hydrogen-bond donors (Lipinski definition) is 2. The van der Waals surface area contributed by atoms with Crippen LogP contribution < -0.4 is 5.73 Å². The number of nitrogens with zero attached hydrogens (tertiary/aromatic N) is 3. The summed E-state index contributed by atoms with van der Waals surface area (Å²) in [5, 5.41) is 9.65. The fraction of sp³-hybridized carbons (Fsp3) is 0.476. The fourth-order valence-electron chi connectivity index (χ4n) is 5.17. The number of pyridine rings is 2. The number of rotatable bonds is 5. The number of piperidine rings is 1. The minimum Gasteiger partial charge on any atom is -0.493 e. The van der Waals surface area contributed by atoms with Crippen molar-refractivity contribution in [2.75, 3.05) is 20.2 Å². The number of likely N-dealkylation sites (tertiary alicyclic amines) is 1. The van der Waals surface area contributed by atoms with Crippen molar-refractivity contribution in [3.8, 4) is 5.88 Å². The second-order valence-electron chi connectivity index (χ2n) is 7.80. The van der Waals surface area contributed by atoms with E-state index in [9.17, 15) is 9.90 Å². The molecule has 1 amide bonds. The molecule has 2 fully saturated rings. The molecule has 1 saturated heterocycles. The first kappa shape index (κ1) is 21.5. The zero-order valence-electron chi connectivity index (χ0n) is 16.5. The first-order valence-corrected chi connectivity index (χ1v) is 9.71. The van der Waals surface area contributed by atoms with Gasteiger partial charge in [-0.25, -0.2) is 4.98 Å². The van der Waals surface area contributed by atoms with Gasteiger partial charge in [0, 0.05) is 50.8 Å². The van der Waals surface area contributed by atoms with E-state index >= 15 is 0 Å². The lowest BCUT2D eigenvalue weighted by atomic mass is 9.62. The van der Waals surface area contributed by atoms with Crippen LogP contribution in [0.3, 0.4) is 0 Å². The van der Waals surface area contributed by atoms with Crippen LogP contribution in [0.5, 0.6) is 5.88 Å². The van der Waals surface area contributed by atoms with Crippen molar-refractivity contribution in [2.45, 2.75) is 31.4 Å². The Morgan fingerprint density at radius 2 is 2.03 bits per heavy atom. The average molecular weight is 419 g/mol. The maximum absolute atomic E-state index is 11.6. The minimum absolute atomic E-state index is 0. The zero-order chi connectivity index (χ0) is 19.7. The molecule has 3 heterocycles. The van der Waals surface area contributed by atoms with Crippen LogP contribution in [0.2, 0.25) is 0 Å². The van der Waals surface area contributed by atoms with Crippen LogP contribution in [0.4, 0.5) is 0 Å². The molecule has 2 aromatic heterocycles. The van der Waals surface area contributed by atoms with Gasteiger partial charge in [-0.05, 0) is 36.6 Å². The van der Waals surface area contributed by atoms with Crippen LogP contribution in [-0.4, -0.2) is 46.1 Å². The van der Waals surface area contributed by atoms with E-state index in [4.69, 9.17) is 10.5 Å². The lowest BCUT2D eigenvalue weighted by Crippen LogP contribution is -2.58. The number of carbonyl (C=O) groups excluding carboxylic acids is 1.